The van der Waals surface area contributed by atoms with Crippen LogP contribution in [0.2, 0.25) is 0 Å². The van der Waals surface area contributed by atoms with E-state index in [0.717, 1.165) is 0 Å². The summed E-state index contributed by atoms with van der Waals surface area (Å²) in [6.07, 6.45) is 0. The van der Waals surface area contributed by atoms with Gasteiger partial charge in [0, 0.05) is 0 Å². The molecule has 1 aromatic rings. The highest BCUT2D eigenvalue weighted by atomic mass is 32.2. The molecule has 0 aliphatic heterocycles. The summed E-state index contributed by atoms with van der Waals surface area (Å²) in [5, 5.41) is 21.7. The molecule has 0 bridgehead atoms. The number of nitrogens with one attached hydrogen (secondary N) is 1. The van der Waals surface area contributed by atoms with Crippen molar-refractivity contribution in [2.24, 2.45) is 5.92 Å². The topological polar surface area (TPSA) is 91.8 Å². The van der Waals surface area contributed by atoms with Gasteiger partial charge in [0.15, 0.2) is 5.82 Å². The molecule has 78 valence electrons. The van der Waals surface area contributed by atoms with Crippen molar-refractivity contribution in [2.75, 3.05) is 0 Å². The van der Waals surface area contributed by atoms with Gasteiger partial charge in [0.25, 0.3) is 0 Å². The number of tetrazole rings is 1. The molecule has 0 saturated carbocycles. The van der Waals surface area contributed by atoms with Gasteiger partial charge in [-0.1, -0.05) is 19.1 Å². The van der Waals surface area contributed by atoms with Crippen LogP contribution in [0.4, 0.5) is 0 Å². The lowest BCUT2D eigenvalue weighted by molar-refractivity contribution is -0.137. The number of aromatic amines is 1. The molecule has 0 saturated heterocycles. The Morgan fingerprint density at radius 2 is 2.36 bits per heavy atom. The van der Waals surface area contributed by atoms with Crippen molar-refractivity contribution in [1.29, 1.82) is 0 Å². The SMILES string of the molecule is CC(C)C(SCc1nn[nH]n1)C(=O)O. The van der Waals surface area contributed by atoms with Crippen LogP contribution in [0, 0.1) is 5.92 Å². The van der Waals surface area contributed by atoms with Crippen molar-refractivity contribution in [2.45, 2.75) is 24.9 Å². The third kappa shape index (κ3) is 2.99. The Morgan fingerprint density at radius 1 is 1.64 bits per heavy atom. The maximum absolute atomic E-state index is 10.8. The number of carboxylic acids is 1. The number of carboxylic acid groups (broad SMARTS) is 1. The van der Waals surface area contributed by atoms with Crippen LogP contribution in [0.3, 0.4) is 0 Å². The van der Waals surface area contributed by atoms with Gasteiger partial charge in [0.1, 0.15) is 5.25 Å². The first-order valence-electron chi connectivity index (χ1n) is 4.18. The minimum Gasteiger partial charge on any atom is -0.480 e. The fourth-order valence-electron chi connectivity index (χ4n) is 0.957. The van der Waals surface area contributed by atoms with E-state index in [1.165, 1.54) is 11.8 Å². The Morgan fingerprint density at radius 3 is 2.79 bits per heavy atom. The highest BCUT2D eigenvalue weighted by Crippen LogP contribution is 2.22. The van der Waals surface area contributed by atoms with E-state index >= 15 is 0 Å². The summed E-state index contributed by atoms with van der Waals surface area (Å²) in [6.45, 7) is 3.75. The maximum Gasteiger partial charge on any atom is 0.316 e. The molecule has 2 N–H and O–H groups in total. The lowest BCUT2D eigenvalue weighted by atomic mass is 10.1. The largest absolute Gasteiger partial charge is 0.480 e. The van der Waals surface area contributed by atoms with Gasteiger partial charge in [0.2, 0.25) is 0 Å². The second-order valence-electron chi connectivity index (χ2n) is 3.14. The Kier molecular flexibility index (Phi) is 3.87. The predicted octanol–water partition coefficient (Wildman–Crippen LogP) is 0.542. The summed E-state index contributed by atoms with van der Waals surface area (Å²) >= 11 is 1.31. The molecule has 1 atom stereocenters. The van der Waals surface area contributed by atoms with Gasteiger partial charge in [-0.15, -0.1) is 22.0 Å². The number of H-pyrrole nitrogens is 1. The molecule has 0 fully saturated rings. The first-order chi connectivity index (χ1) is 6.61. The Bertz CT molecular complexity index is 288. The zero-order chi connectivity index (χ0) is 10.6. The molecule has 14 heavy (non-hydrogen) atoms. The standard InChI is InChI=1S/C7H12N4O2S/c1-4(2)6(7(12)13)14-3-5-8-10-11-9-5/h4,6H,3H2,1-2H3,(H,12,13)(H,8,9,10,11). The molecule has 6 nitrogen and oxygen atoms in total. The van der Waals surface area contributed by atoms with E-state index < -0.39 is 11.2 Å². The number of nitrogens with zero attached hydrogens (tertiary/aromatic N) is 3. The van der Waals surface area contributed by atoms with E-state index in [1.807, 2.05) is 13.8 Å². The normalized spacial score (nSPS) is 13.1. The van der Waals surface area contributed by atoms with E-state index in [2.05, 4.69) is 20.6 Å². The van der Waals surface area contributed by atoms with Crippen molar-refractivity contribution in [3.05, 3.63) is 5.82 Å². The number of aromatic nitrogens is 4. The minimum absolute atomic E-state index is 0.0874. The second kappa shape index (κ2) is 4.94. The highest BCUT2D eigenvalue weighted by molar-refractivity contribution is 7.99. The second-order valence-corrected chi connectivity index (χ2v) is 4.27. The minimum atomic E-state index is -0.798. The van der Waals surface area contributed by atoms with Crippen LogP contribution in [0.15, 0.2) is 0 Å². The molecule has 1 rings (SSSR count). The maximum atomic E-state index is 10.8. The fraction of sp³-hybridized carbons (Fsp3) is 0.714. The summed E-state index contributed by atoms with van der Waals surface area (Å²) in [6, 6.07) is 0. The highest BCUT2D eigenvalue weighted by Gasteiger charge is 2.22. The van der Waals surface area contributed by atoms with Gasteiger partial charge < -0.3 is 5.11 Å². The lowest BCUT2D eigenvalue weighted by Crippen LogP contribution is -2.22. The average Bonchev–Trinajstić information content (AvgIpc) is 2.55. The van der Waals surface area contributed by atoms with E-state index in [9.17, 15) is 4.79 Å². The van der Waals surface area contributed by atoms with E-state index in [0.29, 0.717) is 11.6 Å². The molecule has 7 heteroatoms. The van der Waals surface area contributed by atoms with Crippen LogP contribution >= 0.6 is 11.8 Å². The summed E-state index contributed by atoms with van der Waals surface area (Å²) in [5.74, 6) is 0.283. The van der Waals surface area contributed by atoms with Gasteiger partial charge in [-0.3, -0.25) is 4.79 Å². The third-order valence-corrected chi connectivity index (χ3v) is 3.16. The third-order valence-electron chi connectivity index (χ3n) is 1.63. The number of rotatable bonds is 5. The average molecular weight is 216 g/mol. The van der Waals surface area contributed by atoms with Crippen LogP contribution in [0.5, 0.6) is 0 Å². The molecule has 0 amide bonds. The number of thioether (sulfide) groups is 1. The molecule has 1 unspecified atom stereocenters. The first kappa shape index (κ1) is 11.0. The molecule has 0 aliphatic carbocycles. The van der Waals surface area contributed by atoms with E-state index in [4.69, 9.17) is 5.11 Å². The summed E-state index contributed by atoms with van der Waals surface area (Å²) in [7, 11) is 0. The molecule has 0 aromatic carbocycles. The van der Waals surface area contributed by atoms with Crippen LogP contribution in [0.25, 0.3) is 0 Å². The smallest absolute Gasteiger partial charge is 0.316 e. The monoisotopic (exact) mass is 216 g/mol. The van der Waals surface area contributed by atoms with Crippen LogP contribution in [0.1, 0.15) is 19.7 Å². The lowest BCUT2D eigenvalue weighted by Gasteiger charge is -2.13. The van der Waals surface area contributed by atoms with Crippen molar-refractivity contribution in [3.8, 4) is 0 Å². The van der Waals surface area contributed by atoms with Crippen molar-refractivity contribution in [3.63, 3.8) is 0 Å². The molecule has 0 radical (unpaired) electrons. The Balaban J connectivity index is 2.45. The molecular formula is C7H12N4O2S. The molecule has 0 spiro atoms. The Labute approximate surface area is 85.5 Å². The number of hydrogen-bond donors (Lipinski definition) is 2. The zero-order valence-corrected chi connectivity index (χ0v) is 8.78. The van der Waals surface area contributed by atoms with Gasteiger partial charge in [-0.2, -0.15) is 5.21 Å². The van der Waals surface area contributed by atoms with E-state index in [1.54, 1.807) is 0 Å². The van der Waals surface area contributed by atoms with Gasteiger partial charge in [-0.05, 0) is 5.92 Å². The fourth-order valence-corrected chi connectivity index (χ4v) is 1.94. The van der Waals surface area contributed by atoms with Gasteiger partial charge >= 0.3 is 5.97 Å². The van der Waals surface area contributed by atoms with Crippen LogP contribution in [-0.4, -0.2) is 36.9 Å². The van der Waals surface area contributed by atoms with Crippen molar-refractivity contribution >= 4 is 17.7 Å². The molecular weight excluding hydrogens is 204 g/mol. The molecule has 0 aliphatic rings. The number of aliphatic carboxylic acids is 1. The van der Waals surface area contributed by atoms with Gasteiger partial charge in [0.05, 0.1) is 5.75 Å². The summed E-state index contributed by atoms with van der Waals surface area (Å²) in [5.41, 5.74) is 0. The Hall–Kier alpha value is -1.11. The molecule has 1 aromatic heterocycles. The summed E-state index contributed by atoms with van der Waals surface area (Å²) in [4.78, 5) is 10.8. The number of hydrogen-bond acceptors (Lipinski definition) is 5. The van der Waals surface area contributed by atoms with E-state index in [-0.39, 0.29) is 5.92 Å². The summed E-state index contributed by atoms with van der Waals surface area (Å²) < 4.78 is 0. The first-order valence-corrected chi connectivity index (χ1v) is 5.23. The van der Waals surface area contributed by atoms with Crippen molar-refractivity contribution in [1.82, 2.24) is 20.6 Å². The molecule has 1 heterocycles. The predicted molar refractivity (Wildman–Crippen MR) is 51.7 cm³/mol. The zero-order valence-electron chi connectivity index (χ0n) is 7.97. The number of carbonyl (C=O) groups is 1. The quantitative estimate of drug-likeness (QED) is 0.746. The van der Waals surface area contributed by atoms with Crippen LogP contribution < -0.4 is 0 Å². The van der Waals surface area contributed by atoms with Gasteiger partial charge in [-0.25, -0.2) is 0 Å². The van der Waals surface area contributed by atoms with Crippen LogP contribution in [-0.2, 0) is 10.5 Å². The van der Waals surface area contributed by atoms with Crippen molar-refractivity contribution < 1.29 is 9.90 Å².